The van der Waals surface area contributed by atoms with Crippen LogP contribution in [0.3, 0.4) is 0 Å². The van der Waals surface area contributed by atoms with Crippen molar-refractivity contribution in [3.05, 3.63) is 5.56 Å². The van der Waals surface area contributed by atoms with E-state index < -0.39 is 0 Å². The van der Waals surface area contributed by atoms with Crippen molar-refractivity contribution in [3.8, 4) is 0 Å². The van der Waals surface area contributed by atoms with Crippen LogP contribution in [0.4, 0.5) is 10.8 Å². The van der Waals surface area contributed by atoms with Gasteiger partial charge in [0.25, 0.3) is 0 Å². The molecule has 1 saturated heterocycles. The first kappa shape index (κ1) is 15.1. The SMILES string of the molecule is CCOC(=O)c1c(N)nsc1N(C)CC1CCN(C)C1. The lowest BCUT2D eigenvalue weighted by atomic mass is 10.1. The second-order valence-corrected chi connectivity index (χ2v) is 6.02. The molecule has 1 aromatic heterocycles. The Morgan fingerprint density at radius 1 is 1.65 bits per heavy atom. The molecule has 2 rings (SSSR count). The molecular formula is C13H22N4O2S. The summed E-state index contributed by atoms with van der Waals surface area (Å²) in [5.74, 6) is 0.492. The van der Waals surface area contributed by atoms with E-state index in [2.05, 4.69) is 21.2 Å². The van der Waals surface area contributed by atoms with E-state index in [9.17, 15) is 4.79 Å². The van der Waals surface area contributed by atoms with Gasteiger partial charge in [-0.2, -0.15) is 4.37 Å². The number of carbonyl (C=O) groups excluding carboxylic acids is 1. The summed E-state index contributed by atoms with van der Waals surface area (Å²) in [5.41, 5.74) is 6.21. The predicted octanol–water partition coefficient (Wildman–Crippen LogP) is 1.29. The zero-order chi connectivity index (χ0) is 14.7. The Morgan fingerprint density at radius 3 is 3.00 bits per heavy atom. The van der Waals surface area contributed by atoms with Gasteiger partial charge in [-0.1, -0.05) is 0 Å². The molecule has 0 spiro atoms. The Morgan fingerprint density at radius 2 is 2.40 bits per heavy atom. The van der Waals surface area contributed by atoms with Crippen LogP contribution in [0, 0.1) is 5.92 Å². The summed E-state index contributed by atoms with van der Waals surface area (Å²) >= 11 is 1.26. The molecule has 1 aromatic rings. The number of nitrogen functional groups attached to an aromatic ring is 1. The van der Waals surface area contributed by atoms with Gasteiger partial charge in [-0.3, -0.25) is 0 Å². The highest BCUT2D eigenvalue weighted by Crippen LogP contribution is 2.31. The number of ether oxygens (including phenoxy) is 1. The smallest absolute Gasteiger partial charge is 0.345 e. The Hall–Kier alpha value is -1.34. The molecule has 1 aliphatic heterocycles. The van der Waals surface area contributed by atoms with Gasteiger partial charge in [-0.15, -0.1) is 0 Å². The van der Waals surface area contributed by atoms with Crippen molar-refractivity contribution in [2.45, 2.75) is 13.3 Å². The van der Waals surface area contributed by atoms with Crippen LogP contribution in [-0.2, 0) is 4.74 Å². The van der Waals surface area contributed by atoms with Crippen LogP contribution in [0.2, 0.25) is 0 Å². The molecule has 1 unspecified atom stereocenters. The molecule has 0 bridgehead atoms. The summed E-state index contributed by atoms with van der Waals surface area (Å²) in [6, 6.07) is 0. The van der Waals surface area contributed by atoms with Crippen LogP contribution < -0.4 is 10.6 Å². The summed E-state index contributed by atoms with van der Waals surface area (Å²) in [6.45, 7) is 5.25. The Labute approximate surface area is 123 Å². The lowest BCUT2D eigenvalue weighted by Gasteiger charge is -2.22. The average Bonchev–Trinajstić information content (AvgIpc) is 2.96. The maximum absolute atomic E-state index is 12.0. The molecular weight excluding hydrogens is 276 g/mol. The third-order valence-corrected chi connectivity index (χ3v) is 4.52. The highest BCUT2D eigenvalue weighted by molar-refractivity contribution is 7.11. The number of nitrogens with zero attached hydrogens (tertiary/aromatic N) is 3. The molecule has 6 nitrogen and oxygen atoms in total. The van der Waals surface area contributed by atoms with E-state index in [0.29, 0.717) is 18.1 Å². The lowest BCUT2D eigenvalue weighted by Crippen LogP contribution is -2.28. The molecule has 0 saturated carbocycles. The third kappa shape index (κ3) is 3.21. The van der Waals surface area contributed by atoms with Gasteiger partial charge in [0.1, 0.15) is 10.6 Å². The molecule has 0 aromatic carbocycles. The Bertz CT molecular complexity index is 477. The summed E-state index contributed by atoms with van der Waals surface area (Å²) < 4.78 is 9.15. The third-order valence-electron chi connectivity index (χ3n) is 3.55. The van der Waals surface area contributed by atoms with E-state index in [4.69, 9.17) is 10.5 Å². The van der Waals surface area contributed by atoms with Crippen LogP contribution in [0.25, 0.3) is 0 Å². The fourth-order valence-corrected chi connectivity index (χ4v) is 3.36. The van der Waals surface area contributed by atoms with Crippen LogP contribution in [0.15, 0.2) is 0 Å². The molecule has 0 amide bonds. The number of hydrogen-bond donors (Lipinski definition) is 1. The maximum atomic E-state index is 12.0. The summed E-state index contributed by atoms with van der Waals surface area (Å²) in [4.78, 5) is 16.4. The van der Waals surface area contributed by atoms with Gasteiger partial charge in [0.15, 0.2) is 5.82 Å². The zero-order valence-corrected chi connectivity index (χ0v) is 13.1. The highest BCUT2D eigenvalue weighted by Gasteiger charge is 2.26. The standard InChI is InChI=1S/C13H22N4O2S/c1-4-19-13(18)10-11(14)15-20-12(10)17(3)8-9-5-6-16(2)7-9/h9H,4-8H2,1-3H3,(H2,14,15). The minimum Gasteiger partial charge on any atom is -0.462 e. The van der Waals surface area contributed by atoms with E-state index in [1.807, 2.05) is 7.05 Å². The van der Waals surface area contributed by atoms with Crippen LogP contribution >= 0.6 is 11.5 Å². The van der Waals surface area contributed by atoms with E-state index >= 15 is 0 Å². The minimum absolute atomic E-state index is 0.263. The van der Waals surface area contributed by atoms with Crippen LogP contribution in [0.5, 0.6) is 0 Å². The second kappa shape index (κ2) is 6.41. The highest BCUT2D eigenvalue weighted by atomic mass is 32.1. The second-order valence-electron chi connectivity index (χ2n) is 5.27. The van der Waals surface area contributed by atoms with Crippen molar-refractivity contribution in [3.63, 3.8) is 0 Å². The summed E-state index contributed by atoms with van der Waals surface area (Å²) in [7, 11) is 4.11. The van der Waals surface area contributed by atoms with Gasteiger partial charge in [0.2, 0.25) is 0 Å². The van der Waals surface area contributed by atoms with Gasteiger partial charge < -0.3 is 20.3 Å². The van der Waals surface area contributed by atoms with E-state index in [1.54, 1.807) is 6.92 Å². The van der Waals surface area contributed by atoms with Gasteiger partial charge in [0.05, 0.1) is 6.61 Å². The van der Waals surface area contributed by atoms with Crippen molar-refractivity contribution in [1.82, 2.24) is 9.27 Å². The first-order chi connectivity index (χ1) is 9.52. The lowest BCUT2D eigenvalue weighted by molar-refractivity contribution is 0.0528. The zero-order valence-electron chi connectivity index (χ0n) is 12.3. The number of rotatable bonds is 5. The number of anilines is 2. The number of aromatic nitrogens is 1. The number of likely N-dealkylation sites (tertiary alicyclic amines) is 1. The predicted molar refractivity (Wildman–Crippen MR) is 81.4 cm³/mol. The Kier molecular flexibility index (Phi) is 4.82. The van der Waals surface area contributed by atoms with Crippen molar-refractivity contribution in [1.29, 1.82) is 0 Å². The largest absolute Gasteiger partial charge is 0.462 e. The van der Waals surface area contributed by atoms with Gasteiger partial charge in [-0.25, -0.2) is 4.79 Å². The monoisotopic (exact) mass is 298 g/mol. The van der Waals surface area contributed by atoms with E-state index in [0.717, 1.165) is 24.6 Å². The first-order valence-corrected chi connectivity index (χ1v) is 7.62. The van der Waals surface area contributed by atoms with Crippen LogP contribution in [-0.4, -0.2) is 55.6 Å². The normalized spacial score (nSPS) is 19.2. The Balaban J connectivity index is 2.09. The molecule has 0 radical (unpaired) electrons. The van der Waals surface area contributed by atoms with Gasteiger partial charge in [0, 0.05) is 20.1 Å². The number of esters is 1. The van der Waals surface area contributed by atoms with Crippen molar-refractivity contribution >= 4 is 28.3 Å². The van der Waals surface area contributed by atoms with Crippen molar-refractivity contribution in [2.24, 2.45) is 5.92 Å². The maximum Gasteiger partial charge on any atom is 0.345 e. The fourth-order valence-electron chi connectivity index (χ4n) is 2.59. The molecule has 1 aliphatic rings. The quantitative estimate of drug-likeness (QED) is 0.826. The number of carbonyl (C=O) groups is 1. The summed E-state index contributed by atoms with van der Waals surface area (Å²) in [6.07, 6.45) is 1.18. The molecule has 20 heavy (non-hydrogen) atoms. The van der Waals surface area contributed by atoms with Crippen molar-refractivity contribution < 1.29 is 9.53 Å². The minimum atomic E-state index is -0.385. The molecule has 2 heterocycles. The molecule has 112 valence electrons. The van der Waals surface area contributed by atoms with Crippen molar-refractivity contribution in [2.75, 3.05) is 51.0 Å². The molecule has 7 heteroatoms. The van der Waals surface area contributed by atoms with Gasteiger partial charge >= 0.3 is 5.97 Å². The molecule has 0 aliphatic carbocycles. The van der Waals surface area contributed by atoms with E-state index in [1.165, 1.54) is 18.0 Å². The van der Waals surface area contributed by atoms with Gasteiger partial charge in [-0.05, 0) is 44.4 Å². The van der Waals surface area contributed by atoms with E-state index in [-0.39, 0.29) is 11.8 Å². The molecule has 2 N–H and O–H groups in total. The average molecular weight is 298 g/mol. The van der Waals surface area contributed by atoms with Crippen LogP contribution in [0.1, 0.15) is 23.7 Å². The molecule has 1 fully saturated rings. The summed E-state index contributed by atoms with van der Waals surface area (Å²) in [5, 5.41) is 0.801. The number of nitrogens with two attached hydrogens (primary N) is 1. The fraction of sp³-hybridized carbons (Fsp3) is 0.692. The molecule has 1 atom stereocenters. The first-order valence-electron chi connectivity index (χ1n) is 6.84. The topological polar surface area (TPSA) is 71.7 Å². The number of hydrogen-bond acceptors (Lipinski definition) is 7.